The molecule has 0 bridgehead atoms. The number of carbonyl (C=O) groups excluding carboxylic acids is 1. The number of rotatable bonds is 5. The lowest BCUT2D eigenvalue weighted by Gasteiger charge is -2.38. The van der Waals surface area contributed by atoms with Crippen LogP contribution in [0.5, 0.6) is 0 Å². The van der Waals surface area contributed by atoms with Crippen LogP contribution in [0.15, 0.2) is 30.3 Å². The Bertz CT molecular complexity index is 501. The molecule has 2 heterocycles. The molecule has 0 aliphatic carbocycles. The summed E-state index contributed by atoms with van der Waals surface area (Å²) in [6.07, 6.45) is 5.06. The lowest BCUT2D eigenvalue weighted by atomic mass is 9.82. The van der Waals surface area contributed by atoms with Crippen LogP contribution < -0.4 is 0 Å². The van der Waals surface area contributed by atoms with E-state index in [0.717, 1.165) is 38.7 Å². The molecule has 0 spiro atoms. The third-order valence-corrected chi connectivity index (χ3v) is 4.62. The number of carbonyl (C=O) groups is 1. The van der Waals surface area contributed by atoms with Crippen molar-refractivity contribution in [3.8, 4) is 0 Å². The maximum atomic E-state index is 10.8. The van der Waals surface area contributed by atoms with E-state index in [4.69, 9.17) is 14.2 Å². The van der Waals surface area contributed by atoms with Crippen LogP contribution in [0.2, 0.25) is 0 Å². The van der Waals surface area contributed by atoms with E-state index in [9.17, 15) is 4.79 Å². The van der Waals surface area contributed by atoms with E-state index in [1.807, 2.05) is 6.07 Å². The first-order chi connectivity index (χ1) is 10.7. The molecule has 3 atom stereocenters. The highest BCUT2D eigenvalue weighted by molar-refractivity contribution is 5.65. The molecule has 2 saturated heterocycles. The summed E-state index contributed by atoms with van der Waals surface area (Å²) < 4.78 is 17.5. The minimum atomic E-state index is -0.286. The van der Waals surface area contributed by atoms with Crippen molar-refractivity contribution in [2.45, 2.75) is 56.8 Å². The van der Waals surface area contributed by atoms with E-state index in [0.29, 0.717) is 6.61 Å². The van der Waals surface area contributed by atoms with Crippen molar-refractivity contribution < 1.29 is 19.0 Å². The van der Waals surface area contributed by atoms with Gasteiger partial charge in [0.1, 0.15) is 5.60 Å². The van der Waals surface area contributed by atoms with Gasteiger partial charge in [0.05, 0.1) is 18.8 Å². The molecule has 0 unspecified atom stereocenters. The summed E-state index contributed by atoms with van der Waals surface area (Å²) >= 11 is 0. The second-order valence-electron chi connectivity index (χ2n) is 6.18. The average molecular weight is 304 g/mol. The van der Waals surface area contributed by atoms with Gasteiger partial charge in [-0.2, -0.15) is 0 Å². The Kier molecular flexibility index (Phi) is 4.79. The molecule has 2 aliphatic heterocycles. The standard InChI is InChI=1S/C18H24O4/c1-14(19)20-11-5-9-16-13-18(15-7-3-2-4-8-15)17(22-16)10-6-12-21-18/h2-4,7-8,16-17H,5-6,9-13H2,1H3/t16-,17+,18-/m1/s1. The Morgan fingerprint density at radius 3 is 2.95 bits per heavy atom. The van der Waals surface area contributed by atoms with Crippen LogP contribution in [0.4, 0.5) is 0 Å². The van der Waals surface area contributed by atoms with Crippen molar-refractivity contribution in [2.24, 2.45) is 0 Å². The zero-order valence-electron chi connectivity index (χ0n) is 13.1. The number of fused-ring (bicyclic) bond motifs is 1. The molecule has 2 aliphatic rings. The molecular formula is C18H24O4. The second kappa shape index (κ2) is 6.80. The Hall–Kier alpha value is -1.39. The number of ether oxygens (including phenoxy) is 3. The SMILES string of the molecule is CC(=O)OCCC[C@@H]1C[C@]2(c3ccccc3)OCCC[C@@H]2O1. The third-order valence-electron chi connectivity index (χ3n) is 4.62. The van der Waals surface area contributed by atoms with E-state index in [2.05, 4.69) is 24.3 Å². The van der Waals surface area contributed by atoms with Crippen LogP contribution in [0.1, 0.15) is 44.6 Å². The molecule has 4 nitrogen and oxygen atoms in total. The van der Waals surface area contributed by atoms with Crippen LogP contribution in [0, 0.1) is 0 Å². The summed E-state index contributed by atoms with van der Waals surface area (Å²) in [6.45, 7) is 2.72. The van der Waals surface area contributed by atoms with Gasteiger partial charge in [-0.3, -0.25) is 4.79 Å². The summed E-state index contributed by atoms with van der Waals surface area (Å²) in [4.78, 5) is 10.8. The molecular weight excluding hydrogens is 280 g/mol. The Labute approximate surface area is 131 Å². The maximum Gasteiger partial charge on any atom is 0.302 e. The average Bonchev–Trinajstić information content (AvgIpc) is 2.92. The highest BCUT2D eigenvalue weighted by atomic mass is 16.6. The lowest BCUT2D eigenvalue weighted by molar-refractivity contribution is -0.141. The zero-order valence-corrected chi connectivity index (χ0v) is 13.1. The lowest BCUT2D eigenvalue weighted by Crippen LogP contribution is -2.42. The van der Waals surface area contributed by atoms with E-state index >= 15 is 0 Å². The summed E-state index contributed by atoms with van der Waals surface area (Å²) in [5, 5.41) is 0. The van der Waals surface area contributed by atoms with E-state index < -0.39 is 0 Å². The van der Waals surface area contributed by atoms with Gasteiger partial charge < -0.3 is 14.2 Å². The first kappa shape index (κ1) is 15.5. The topological polar surface area (TPSA) is 44.8 Å². The van der Waals surface area contributed by atoms with Crippen LogP contribution in [-0.2, 0) is 24.6 Å². The number of hydrogen-bond donors (Lipinski definition) is 0. The molecule has 1 aromatic carbocycles. The fourth-order valence-electron chi connectivity index (χ4n) is 3.64. The van der Waals surface area contributed by atoms with Crippen molar-refractivity contribution in [1.29, 1.82) is 0 Å². The van der Waals surface area contributed by atoms with Crippen molar-refractivity contribution in [2.75, 3.05) is 13.2 Å². The van der Waals surface area contributed by atoms with Crippen molar-refractivity contribution in [3.05, 3.63) is 35.9 Å². The summed E-state index contributed by atoms with van der Waals surface area (Å²) in [6, 6.07) is 10.4. The summed E-state index contributed by atoms with van der Waals surface area (Å²) in [5.41, 5.74) is 0.938. The zero-order chi connectivity index (χ0) is 15.4. The van der Waals surface area contributed by atoms with Crippen LogP contribution in [-0.4, -0.2) is 31.4 Å². The van der Waals surface area contributed by atoms with Gasteiger partial charge in [-0.25, -0.2) is 0 Å². The van der Waals surface area contributed by atoms with Gasteiger partial charge >= 0.3 is 5.97 Å². The molecule has 22 heavy (non-hydrogen) atoms. The largest absolute Gasteiger partial charge is 0.466 e. The molecule has 0 N–H and O–H groups in total. The minimum absolute atomic E-state index is 0.141. The smallest absolute Gasteiger partial charge is 0.302 e. The molecule has 0 saturated carbocycles. The van der Waals surface area contributed by atoms with Gasteiger partial charge in [0.25, 0.3) is 0 Å². The molecule has 0 amide bonds. The number of hydrogen-bond acceptors (Lipinski definition) is 4. The van der Waals surface area contributed by atoms with Crippen molar-refractivity contribution in [1.82, 2.24) is 0 Å². The third kappa shape index (κ3) is 3.18. The first-order valence-corrected chi connectivity index (χ1v) is 8.19. The molecule has 1 aromatic rings. The highest BCUT2D eigenvalue weighted by Crippen LogP contribution is 2.47. The van der Waals surface area contributed by atoms with Gasteiger partial charge in [0.15, 0.2) is 0 Å². The Morgan fingerprint density at radius 1 is 1.36 bits per heavy atom. The van der Waals surface area contributed by atoms with Crippen molar-refractivity contribution >= 4 is 5.97 Å². The summed E-state index contributed by atoms with van der Waals surface area (Å²) in [7, 11) is 0. The Morgan fingerprint density at radius 2 is 2.18 bits per heavy atom. The van der Waals surface area contributed by atoms with Crippen LogP contribution in [0.25, 0.3) is 0 Å². The quantitative estimate of drug-likeness (QED) is 0.619. The molecule has 0 radical (unpaired) electrons. The monoisotopic (exact) mass is 304 g/mol. The van der Waals surface area contributed by atoms with E-state index in [-0.39, 0.29) is 23.8 Å². The maximum absolute atomic E-state index is 10.8. The Balaban J connectivity index is 1.65. The molecule has 2 fully saturated rings. The van der Waals surface area contributed by atoms with Crippen molar-refractivity contribution in [3.63, 3.8) is 0 Å². The molecule has 4 heteroatoms. The summed E-state index contributed by atoms with van der Waals surface area (Å²) in [5.74, 6) is -0.218. The first-order valence-electron chi connectivity index (χ1n) is 8.19. The molecule has 120 valence electrons. The second-order valence-corrected chi connectivity index (χ2v) is 6.18. The minimum Gasteiger partial charge on any atom is -0.466 e. The number of benzene rings is 1. The molecule has 3 rings (SSSR count). The van der Waals surface area contributed by atoms with Gasteiger partial charge in [-0.05, 0) is 31.2 Å². The van der Waals surface area contributed by atoms with Gasteiger partial charge in [-0.1, -0.05) is 30.3 Å². The van der Waals surface area contributed by atoms with Gasteiger partial charge in [-0.15, -0.1) is 0 Å². The van der Waals surface area contributed by atoms with E-state index in [1.165, 1.54) is 12.5 Å². The normalized spacial score (nSPS) is 30.8. The van der Waals surface area contributed by atoms with E-state index in [1.54, 1.807) is 0 Å². The van der Waals surface area contributed by atoms with Crippen LogP contribution >= 0.6 is 0 Å². The van der Waals surface area contributed by atoms with Gasteiger partial charge in [0, 0.05) is 20.0 Å². The number of esters is 1. The highest BCUT2D eigenvalue weighted by Gasteiger charge is 2.51. The van der Waals surface area contributed by atoms with Gasteiger partial charge in [0.2, 0.25) is 0 Å². The fourth-order valence-corrected chi connectivity index (χ4v) is 3.64. The predicted molar refractivity (Wildman–Crippen MR) is 82.5 cm³/mol. The molecule has 0 aromatic heterocycles. The predicted octanol–water partition coefficient (Wildman–Crippen LogP) is 3.19. The fraction of sp³-hybridized carbons (Fsp3) is 0.611. The van der Waals surface area contributed by atoms with Crippen LogP contribution in [0.3, 0.4) is 0 Å².